The fourth-order valence-electron chi connectivity index (χ4n) is 1.65. The van der Waals surface area contributed by atoms with Crippen molar-refractivity contribution in [1.29, 1.82) is 0 Å². The Morgan fingerprint density at radius 1 is 1.29 bits per heavy atom. The Balaban J connectivity index is 2.86. The maximum Gasteiger partial charge on any atom is 0.173 e. The van der Waals surface area contributed by atoms with Gasteiger partial charge in [-0.3, -0.25) is 4.79 Å². The number of sulfone groups is 1. The molecule has 14 heavy (non-hydrogen) atoms. The maximum absolute atomic E-state index is 11.6. The van der Waals surface area contributed by atoms with Gasteiger partial charge in [-0.2, -0.15) is 0 Å². The SMILES string of the molecule is CC(C)=CC(=O)C1CCCCS1(=O)=O. The van der Waals surface area contributed by atoms with Gasteiger partial charge in [0.2, 0.25) is 0 Å². The quantitative estimate of drug-likeness (QED) is 0.657. The van der Waals surface area contributed by atoms with Crippen LogP contribution in [0.4, 0.5) is 0 Å². The zero-order valence-electron chi connectivity index (χ0n) is 8.62. The van der Waals surface area contributed by atoms with Crippen molar-refractivity contribution in [3.05, 3.63) is 11.6 Å². The zero-order chi connectivity index (χ0) is 10.8. The lowest BCUT2D eigenvalue weighted by molar-refractivity contribution is -0.114. The van der Waals surface area contributed by atoms with Crippen molar-refractivity contribution in [1.82, 2.24) is 0 Å². The molecule has 3 nitrogen and oxygen atoms in total. The van der Waals surface area contributed by atoms with Crippen molar-refractivity contribution < 1.29 is 13.2 Å². The molecule has 1 fully saturated rings. The molecule has 0 aromatic heterocycles. The lowest BCUT2D eigenvalue weighted by atomic mass is 10.1. The number of ketones is 1. The van der Waals surface area contributed by atoms with Crippen LogP contribution in [0, 0.1) is 0 Å². The van der Waals surface area contributed by atoms with Crippen LogP contribution < -0.4 is 0 Å². The van der Waals surface area contributed by atoms with Crippen LogP contribution in [-0.2, 0) is 14.6 Å². The lowest BCUT2D eigenvalue weighted by Crippen LogP contribution is -2.34. The molecule has 80 valence electrons. The maximum atomic E-state index is 11.6. The summed E-state index contributed by atoms with van der Waals surface area (Å²) in [5, 5.41) is -0.772. The van der Waals surface area contributed by atoms with Gasteiger partial charge in [-0.15, -0.1) is 0 Å². The molecule has 1 unspecified atom stereocenters. The largest absolute Gasteiger partial charge is 0.293 e. The number of carbonyl (C=O) groups excluding carboxylic acids is 1. The molecule has 0 radical (unpaired) electrons. The van der Waals surface area contributed by atoms with Crippen LogP contribution in [0.2, 0.25) is 0 Å². The minimum Gasteiger partial charge on any atom is -0.293 e. The Kier molecular flexibility index (Phi) is 3.48. The summed E-state index contributed by atoms with van der Waals surface area (Å²) in [6.07, 6.45) is 3.46. The summed E-state index contributed by atoms with van der Waals surface area (Å²) in [5.41, 5.74) is 0.857. The molecule has 0 aromatic carbocycles. The highest BCUT2D eigenvalue weighted by Crippen LogP contribution is 2.20. The van der Waals surface area contributed by atoms with Gasteiger partial charge in [0.1, 0.15) is 5.25 Å². The van der Waals surface area contributed by atoms with E-state index in [-0.39, 0.29) is 11.5 Å². The fourth-order valence-corrected chi connectivity index (χ4v) is 3.49. The third-order valence-electron chi connectivity index (χ3n) is 2.33. The molecule has 0 aromatic rings. The van der Waals surface area contributed by atoms with E-state index >= 15 is 0 Å². The van der Waals surface area contributed by atoms with Gasteiger partial charge in [0.25, 0.3) is 0 Å². The Labute approximate surface area is 85.1 Å². The van der Waals surface area contributed by atoms with Crippen molar-refractivity contribution in [2.75, 3.05) is 5.75 Å². The molecule has 1 atom stereocenters. The van der Waals surface area contributed by atoms with E-state index in [1.807, 2.05) is 0 Å². The highest BCUT2D eigenvalue weighted by atomic mass is 32.2. The minimum atomic E-state index is -3.16. The van der Waals surface area contributed by atoms with Gasteiger partial charge in [0, 0.05) is 0 Å². The van der Waals surface area contributed by atoms with Gasteiger partial charge < -0.3 is 0 Å². The molecule has 0 aliphatic carbocycles. The predicted octanol–water partition coefficient (Wildman–Crippen LogP) is 1.49. The Hall–Kier alpha value is -0.640. The number of hydrogen-bond acceptors (Lipinski definition) is 3. The Morgan fingerprint density at radius 3 is 2.43 bits per heavy atom. The summed E-state index contributed by atoms with van der Waals surface area (Å²) in [6.45, 7) is 3.60. The average Bonchev–Trinajstić information content (AvgIpc) is 2.01. The second-order valence-electron chi connectivity index (χ2n) is 3.98. The number of carbonyl (C=O) groups is 1. The number of rotatable bonds is 2. The molecule has 0 amide bonds. The second-order valence-corrected chi connectivity index (χ2v) is 6.28. The van der Waals surface area contributed by atoms with Crippen molar-refractivity contribution in [3.63, 3.8) is 0 Å². The molecule has 1 aliphatic heterocycles. The summed E-state index contributed by atoms with van der Waals surface area (Å²) < 4.78 is 23.1. The Morgan fingerprint density at radius 2 is 1.93 bits per heavy atom. The van der Waals surface area contributed by atoms with Gasteiger partial charge >= 0.3 is 0 Å². The topological polar surface area (TPSA) is 51.2 Å². The average molecular weight is 216 g/mol. The van der Waals surface area contributed by atoms with Gasteiger partial charge in [0.15, 0.2) is 15.6 Å². The number of hydrogen-bond donors (Lipinski definition) is 0. The predicted molar refractivity (Wildman–Crippen MR) is 55.9 cm³/mol. The molecule has 0 bridgehead atoms. The van der Waals surface area contributed by atoms with E-state index in [1.54, 1.807) is 13.8 Å². The molecule has 0 N–H and O–H groups in total. The van der Waals surface area contributed by atoms with E-state index in [4.69, 9.17) is 0 Å². The standard InChI is InChI=1S/C10H16O3S/c1-8(2)7-9(11)10-5-3-4-6-14(10,12)13/h7,10H,3-6H2,1-2H3. The van der Waals surface area contributed by atoms with E-state index in [0.717, 1.165) is 12.0 Å². The lowest BCUT2D eigenvalue weighted by Gasteiger charge is -2.19. The summed E-state index contributed by atoms with van der Waals surface area (Å²) in [5.74, 6) is -0.0790. The van der Waals surface area contributed by atoms with E-state index < -0.39 is 15.1 Å². The third-order valence-corrected chi connectivity index (χ3v) is 4.52. The van der Waals surface area contributed by atoms with E-state index in [0.29, 0.717) is 12.8 Å². The molecule has 1 saturated heterocycles. The monoisotopic (exact) mass is 216 g/mol. The molecule has 1 rings (SSSR count). The van der Waals surface area contributed by atoms with Crippen LogP contribution >= 0.6 is 0 Å². The molecule has 0 spiro atoms. The van der Waals surface area contributed by atoms with Gasteiger partial charge in [-0.25, -0.2) is 8.42 Å². The van der Waals surface area contributed by atoms with Crippen LogP contribution in [0.25, 0.3) is 0 Å². The second kappa shape index (κ2) is 4.26. The summed E-state index contributed by atoms with van der Waals surface area (Å²) in [6, 6.07) is 0. The first-order chi connectivity index (χ1) is 6.43. The van der Waals surface area contributed by atoms with Crippen molar-refractivity contribution in [2.24, 2.45) is 0 Å². The molecule has 4 heteroatoms. The van der Waals surface area contributed by atoms with Crippen LogP contribution in [0.5, 0.6) is 0 Å². The summed E-state index contributed by atoms with van der Waals surface area (Å²) >= 11 is 0. The van der Waals surface area contributed by atoms with Crippen molar-refractivity contribution in [2.45, 2.75) is 38.4 Å². The minimum absolute atomic E-state index is 0.167. The fraction of sp³-hybridized carbons (Fsp3) is 0.700. The van der Waals surface area contributed by atoms with Crippen LogP contribution in [0.1, 0.15) is 33.1 Å². The van der Waals surface area contributed by atoms with Crippen LogP contribution in [0.15, 0.2) is 11.6 Å². The van der Waals surface area contributed by atoms with Gasteiger partial charge in [-0.1, -0.05) is 12.0 Å². The highest BCUT2D eigenvalue weighted by Gasteiger charge is 2.33. The first-order valence-electron chi connectivity index (χ1n) is 4.84. The van der Waals surface area contributed by atoms with Crippen LogP contribution in [0.3, 0.4) is 0 Å². The third kappa shape index (κ3) is 2.67. The summed E-state index contributed by atoms with van der Waals surface area (Å²) in [4.78, 5) is 11.6. The molecular weight excluding hydrogens is 200 g/mol. The van der Waals surface area contributed by atoms with Crippen molar-refractivity contribution >= 4 is 15.6 Å². The number of allylic oxidation sites excluding steroid dienone is 2. The first-order valence-corrected chi connectivity index (χ1v) is 6.55. The zero-order valence-corrected chi connectivity index (χ0v) is 9.43. The smallest absolute Gasteiger partial charge is 0.173 e. The highest BCUT2D eigenvalue weighted by molar-refractivity contribution is 7.92. The molecule has 1 heterocycles. The van der Waals surface area contributed by atoms with Gasteiger partial charge in [0.05, 0.1) is 5.75 Å². The normalized spacial score (nSPS) is 25.4. The van der Waals surface area contributed by atoms with E-state index in [1.165, 1.54) is 6.08 Å². The molecular formula is C10H16O3S. The molecule has 1 aliphatic rings. The Bertz CT molecular complexity index is 348. The molecule has 0 saturated carbocycles. The summed E-state index contributed by atoms with van der Waals surface area (Å²) in [7, 11) is -3.16. The van der Waals surface area contributed by atoms with E-state index in [2.05, 4.69) is 0 Å². The van der Waals surface area contributed by atoms with Crippen molar-refractivity contribution in [3.8, 4) is 0 Å². The first kappa shape index (κ1) is 11.4. The van der Waals surface area contributed by atoms with Gasteiger partial charge in [-0.05, 0) is 32.8 Å². The van der Waals surface area contributed by atoms with E-state index in [9.17, 15) is 13.2 Å². The van der Waals surface area contributed by atoms with Crippen LogP contribution in [-0.4, -0.2) is 25.2 Å².